The molecule has 1 saturated carbocycles. The molecule has 1 aliphatic rings. The number of nitrogens with one attached hydrogen (secondary N) is 1. The fraction of sp³-hybridized carbons (Fsp3) is 0.500. The Labute approximate surface area is 169 Å². The number of nitrogens with zero attached hydrogens (tertiary/aromatic N) is 4. The van der Waals surface area contributed by atoms with Gasteiger partial charge in [-0.25, -0.2) is 0 Å². The van der Waals surface area contributed by atoms with E-state index in [1.807, 2.05) is 42.8 Å². The predicted octanol–water partition coefficient (Wildman–Crippen LogP) is 3.31. The van der Waals surface area contributed by atoms with Crippen LogP contribution in [0.15, 0.2) is 29.4 Å². The van der Waals surface area contributed by atoms with Gasteiger partial charge >= 0.3 is 0 Å². The number of nitriles is 1. The minimum Gasteiger partial charge on any atom is -0.497 e. The number of ether oxygens (including phenoxy) is 1. The van der Waals surface area contributed by atoms with Crippen molar-refractivity contribution < 1.29 is 9.53 Å². The largest absolute Gasteiger partial charge is 0.497 e. The second kappa shape index (κ2) is 8.65. The Kier molecular flexibility index (Phi) is 6.25. The predicted molar refractivity (Wildman–Crippen MR) is 108 cm³/mol. The SMILES string of the molecule is COc1ccc(-c2nnc(SC(C)C(=O)NC3(C#N)CCCCC3)n2C)cc1. The summed E-state index contributed by atoms with van der Waals surface area (Å²) < 4.78 is 7.06. The van der Waals surface area contributed by atoms with Crippen LogP contribution in [-0.2, 0) is 11.8 Å². The number of aromatic nitrogens is 3. The van der Waals surface area contributed by atoms with Crippen LogP contribution in [0.4, 0.5) is 0 Å². The van der Waals surface area contributed by atoms with Crippen molar-refractivity contribution in [2.45, 2.75) is 55.0 Å². The van der Waals surface area contributed by atoms with Gasteiger partial charge in [-0.2, -0.15) is 5.26 Å². The Morgan fingerprint density at radius 1 is 1.29 bits per heavy atom. The van der Waals surface area contributed by atoms with Crippen molar-refractivity contribution >= 4 is 17.7 Å². The molecule has 1 heterocycles. The lowest BCUT2D eigenvalue weighted by Crippen LogP contribution is -2.50. The molecule has 1 amide bonds. The van der Waals surface area contributed by atoms with Gasteiger partial charge in [0.1, 0.15) is 11.3 Å². The van der Waals surface area contributed by atoms with Gasteiger partial charge in [0.05, 0.1) is 18.4 Å². The fourth-order valence-electron chi connectivity index (χ4n) is 3.38. The summed E-state index contributed by atoms with van der Waals surface area (Å²) in [5.74, 6) is 1.36. The number of amides is 1. The second-order valence-electron chi connectivity index (χ2n) is 7.10. The quantitative estimate of drug-likeness (QED) is 0.749. The lowest BCUT2D eigenvalue weighted by molar-refractivity contribution is -0.121. The van der Waals surface area contributed by atoms with E-state index in [2.05, 4.69) is 21.6 Å². The molecule has 2 aromatic rings. The summed E-state index contributed by atoms with van der Waals surface area (Å²) in [4.78, 5) is 12.7. The zero-order valence-corrected chi connectivity index (χ0v) is 17.3. The Hall–Kier alpha value is -2.53. The van der Waals surface area contributed by atoms with Gasteiger partial charge in [0.2, 0.25) is 5.91 Å². The van der Waals surface area contributed by atoms with E-state index in [-0.39, 0.29) is 11.2 Å². The van der Waals surface area contributed by atoms with Crippen molar-refractivity contribution in [3.8, 4) is 23.2 Å². The first-order valence-electron chi connectivity index (χ1n) is 9.42. The van der Waals surface area contributed by atoms with Crippen LogP contribution in [0.5, 0.6) is 5.75 Å². The highest BCUT2D eigenvalue weighted by molar-refractivity contribution is 8.00. The van der Waals surface area contributed by atoms with Crippen LogP contribution < -0.4 is 10.1 Å². The number of benzene rings is 1. The average Bonchev–Trinajstić information content (AvgIpc) is 3.08. The van der Waals surface area contributed by atoms with Gasteiger partial charge in [0.25, 0.3) is 0 Å². The van der Waals surface area contributed by atoms with Gasteiger partial charge < -0.3 is 14.6 Å². The van der Waals surface area contributed by atoms with Crippen LogP contribution in [0, 0.1) is 11.3 Å². The second-order valence-corrected chi connectivity index (χ2v) is 8.41. The molecule has 0 radical (unpaired) electrons. The van der Waals surface area contributed by atoms with Gasteiger partial charge in [-0.1, -0.05) is 31.0 Å². The van der Waals surface area contributed by atoms with Gasteiger partial charge in [-0.15, -0.1) is 10.2 Å². The molecule has 3 rings (SSSR count). The van der Waals surface area contributed by atoms with Gasteiger partial charge in [0.15, 0.2) is 11.0 Å². The number of rotatable bonds is 6. The summed E-state index contributed by atoms with van der Waals surface area (Å²) in [7, 11) is 3.51. The normalized spacial score (nSPS) is 16.8. The lowest BCUT2D eigenvalue weighted by atomic mass is 9.83. The third kappa shape index (κ3) is 4.30. The minimum absolute atomic E-state index is 0.137. The highest BCUT2D eigenvalue weighted by atomic mass is 32.2. The van der Waals surface area contributed by atoms with E-state index in [9.17, 15) is 10.1 Å². The summed E-state index contributed by atoms with van der Waals surface area (Å²) in [6.45, 7) is 1.83. The van der Waals surface area contributed by atoms with E-state index in [0.29, 0.717) is 5.16 Å². The standard InChI is InChI=1S/C20H25N5O2S/c1-14(18(26)22-20(13-21)11-5-4-6-12-20)28-19-24-23-17(25(19)2)15-7-9-16(27-3)10-8-15/h7-10,14H,4-6,11-12H2,1-3H3,(H,22,26). The molecule has 1 atom stereocenters. The van der Waals surface area contributed by atoms with E-state index in [1.165, 1.54) is 11.8 Å². The molecule has 0 saturated heterocycles. The van der Waals surface area contributed by atoms with E-state index in [1.54, 1.807) is 7.11 Å². The van der Waals surface area contributed by atoms with Crippen LogP contribution in [0.2, 0.25) is 0 Å². The van der Waals surface area contributed by atoms with E-state index >= 15 is 0 Å². The molecule has 7 nitrogen and oxygen atoms in total. The monoisotopic (exact) mass is 399 g/mol. The molecule has 1 aromatic heterocycles. The number of hydrogen-bond acceptors (Lipinski definition) is 6. The van der Waals surface area contributed by atoms with Crippen molar-refractivity contribution in [3.05, 3.63) is 24.3 Å². The Balaban J connectivity index is 1.68. The van der Waals surface area contributed by atoms with Crippen molar-refractivity contribution in [1.82, 2.24) is 20.1 Å². The molecular weight excluding hydrogens is 374 g/mol. The molecule has 1 fully saturated rings. The third-order valence-corrected chi connectivity index (χ3v) is 6.25. The average molecular weight is 400 g/mol. The maximum Gasteiger partial charge on any atom is 0.234 e. The molecule has 28 heavy (non-hydrogen) atoms. The molecule has 148 valence electrons. The summed E-state index contributed by atoms with van der Waals surface area (Å²) in [5, 5.41) is 21.3. The van der Waals surface area contributed by atoms with Crippen LogP contribution in [-0.4, -0.2) is 38.6 Å². The molecule has 1 N–H and O–H groups in total. The highest BCUT2D eigenvalue weighted by Gasteiger charge is 2.35. The van der Waals surface area contributed by atoms with Gasteiger partial charge in [0, 0.05) is 12.6 Å². The Bertz CT molecular complexity index is 866. The van der Waals surface area contributed by atoms with Crippen LogP contribution >= 0.6 is 11.8 Å². The first-order chi connectivity index (χ1) is 13.5. The maximum atomic E-state index is 12.7. The number of carbonyl (C=O) groups excluding carboxylic acids is 1. The van der Waals surface area contributed by atoms with Crippen molar-refractivity contribution in [1.29, 1.82) is 5.26 Å². The highest BCUT2D eigenvalue weighted by Crippen LogP contribution is 2.30. The molecule has 0 bridgehead atoms. The van der Waals surface area contributed by atoms with Crippen LogP contribution in [0.3, 0.4) is 0 Å². The minimum atomic E-state index is -0.724. The smallest absolute Gasteiger partial charge is 0.234 e. The first kappa shape index (κ1) is 20.2. The lowest BCUT2D eigenvalue weighted by Gasteiger charge is -2.32. The topological polar surface area (TPSA) is 92.8 Å². The molecule has 0 spiro atoms. The van der Waals surface area contributed by atoms with Gasteiger partial charge in [-0.3, -0.25) is 4.79 Å². The van der Waals surface area contributed by atoms with Crippen molar-refractivity contribution in [2.24, 2.45) is 7.05 Å². The zero-order chi connectivity index (χ0) is 20.1. The summed E-state index contributed by atoms with van der Waals surface area (Å²) in [5.41, 5.74) is 0.198. The Morgan fingerprint density at radius 3 is 2.57 bits per heavy atom. The van der Waals surface area contributed by atoms with E-state index in [4.69, 9.17) is 4.74 Å². The molecule has 8 heteroatoms. The van der Waals surface area contributed by atoms with Crippen LogP contribution in [0.25, 0.3) is 11.4 Å². The number of methoxy groups -OCH3 is 1. The molecule has 1 unspecified atom stereocenters. The third-order valence-electron chi connectivity index (χ3n) is 5.12. The number of carbonyl (C=O) groups is 1. The fourth-order valence-corrected chi connectivity index (χ4v) is 4.19. The Morgan fingerprint density at radius 2 is 1.96 bits per heavy atom. The molecule has 0 aliphatic heterocycles. The number of thioether (sulfide) groups is 1. The summed E-state index contributed by atoms with van der Waals surface area (Å²) in [6.07, 6.45) is 4.51. The molecular formula is C20H25N5O2S. The molecule has 1 aliphatic carbocycles. The summed E-state index contributed by atoms with van der Waals surface area (Å²) in [6, 6.07) is 9.92. The van der Waals surface area contributed by atoms with E-state index in [0.717, 1.165) is 49.2 Å². The first-order valence-corrected chi connectivity index (χ1v) is 10.3. The zero-order valence-electron chi connectivity index (χ0n) is 16.4. The van der Waals surface area contributed by atoms with E-state index < -0.39 is 5.54 Å². The van der Waals surface area contributed by atoms with Crippen molar-refractivity contribution in [2.75, 3.05) is 7.11 Å². The number of hydrogen-bond donors (Lipinski definition) is 1. The van der Waals surface area contributed by atoms with Crippen LogP contribution in [0.1, 0.15) is 39.0 Å². The van der Waals surface area contributed by atoms with Gasteiger partial charge in [-0.05, 0) is 44.0 Å². The maximum absolute atomic E-state index is 12.7. The van der Waals surface area contributed by atoms with Crippen molar-refractivity contribution in [3.63, 3.8) is 0 Å². The molecule has 1 aromatic carbocycles. The summed E-state index contributed by atoms with van der Waals surface area (Å²) >= 11 is 1.34.